The van der Waals surface area contributed by atoms with Crippen molar-refractivity contribution in [1.82, 2.24) is 4.98 Å². The molecule has 1 heterocycles. The maximum atomic E-state index is 13.8. The number of benzene rings is 2. The zero-order valence-corrected chi connectivity index (χ0v) is 14.3. The minimum Gasteiger partial charge on any atom is -0.351 e. The fraction of sp³-hybridized carbons (Fsp3) is 0.0500. The van der Waals surface area contributed by atoms with Crippen LogP contribution in [0.3, 0.4) is 0 Å². The number of Topliss-reactive ketones (excluding diaryl/α,β-unsaturated/α-hetero) is 1. The van der Waals surface area contributed by atoms with E-state index >= 15 is 0 Å². The number of carbonyl (C=O) groups excluding carboxylic acids is 2. The molecule has 3 rings (SSSR count). The summed E-state index contributed by atoms with van der Waals surface area (Å²) < 4.78 is 27.5. The highest BCUT2D eigenvalue weighted by Gasteiger charge is 2.12. The first-order valence-corrected chi connectivity index (χ1v) is 8.03. The summed E-state index contributed by atoms with van der Waals surface area (Å²) in [7, 11) is 0. The molecule has 0 spiro atoms. The number of halogens is 2. The zero-order valence-electron chi connectivity index (χ0n) is 14.3. The van der Waals surface area contributed by atoms with Gasteiger partial charge in [-0.1, -0.05) is 6.07 Å². The Labute approximate surface area is 154 Å². The first kappa shape index (κ1) is 18.2. The van der Waals surface area contributed by atoms with Gasteiger partial charge in [0, 0.05) is 23.1 Å². The summed E-state index contributed by atoms with van der Waals surface area (Å²) in [6, 6.07) is 12.8. The summed E-state index contributed by atoms with van der Waals surface area (Å²) in [5.41, 5.74) is 1.09. The number of rotatable bonds is 5. The molecule has 0 aliphatic rings. The van der Waals surface area contributed by atoms with E-state index in [-0.39, 0.29) is 17.2 Å². The first-order valence-electron chi connectivity index (χ1n) is 8.03. The number of carbonyl (C=O) groups is 2. The van der Waals surface area contributed by atoms with Gasteiger partial charge < -0.3 is 10.6 Å². The number of amides is 1. The molecule has 27 heavy (non-hydrogen) atoms. The highest BCUT2D eigenvalue weighted by Crippen LogP contribution is 2.23. The van der Waals surface area contributed by atoms with E-state index in [1.807, 2.05) is 0 Å². The number of pyridine rings is 1. The summed E-state index contributed by atoms with van der Waals surface area (Å²) in [6.45, 7) is 1.45. The fourth-order valence-electron chi connectivity index (χ4n) is 2.38. The van der Waals surface area contributed by atoms with E-state index in [4.69, 9.17) is 0 Å². The molecule has 1 amide bonds. The molecule has 0 radical (unpaired) electrons. The predicted octanol–water partition coefficient (Wildman–Crippen LogP) is 4.56. The van der Waals surface area contributed by atoms with E-state index in [0.717, 1.165) is 12.1 Å². The lowest BCUT2D eigenvalue weighted by Gasteiger charge is -2.10. The van der Waals surface area contributed by atoms with Gasteiger partial charge in [0.05, 0.1) is 0 Å². The van der Waals surface area contributed by atoms with Crippen LogP contribution in [0.4, 0.5) is 25.8 Å². The topological polar surface area (TPSA) is 71.1 Å². The van der Waals surface area contributed by atoms with Gasteiger partial charge in [-0.2, -0.15) is 0 Å². The number of aromatic nitrogens is 1. The van der Waals surface area contributed by atoms with E-state index in [0.29, 0.717) is 16.9 Å². The number of ketones is 1. The van der Waals surface area contributed by atoms with Crippen molar-refractivity contribution in [1.29, 1.82) is 0 Å². The Balaban J connectivity index is 1.76. The van der Waals surface area contributed by atoms with Gasteiger partial charge in [0.15, 0.2) is 5.78 Å². The SMILES string of the molecule is CC(=O)c1ccc(NC(=O)c2cc(Nc3c(F)cccc3F)ccn2)cc1. The number of nitrogens with zero attached hydrogens (tertiary/aromatic N) is 1. The third-order valence-electron chi connectivity index (χ3n) is 3.77. The van der Waals surface area contributed by atoms with Crippen molar-refractivity contribution in [3.8, 4) is 0 Å². The molecule has 3 aromatic rings. The highest BCUT2D eigenvalue weighted by molar-refractivity contribution is 6.03. The molecule has 2 N–H and O–H groups in total. The van der Waals surface area contributed by atoms with Gasteiger partial charge in [-0.05, 0) is 55.5 Å². The van der Waals surface area contributed by atoms with Gasteiger partial charge in [-0.15, -0.1) is 0 Å². The Hall–Kier alpha value is -3.61. The van der Waals surface area contributed by atoms with Crippen molar-refractivity contribution in [2.45, 2.75) is 6.92 Å². The molecule has 0 aliphatic carbocycles. The van der Waals surface area contributed by atoms with Crippen LogP contribution in [0.25, 0.3) is 0 Å². The van der Waals surface area contributed by atoms with Crippen molar-refractivity contribution >= 4 is 28.8 Å². The molecule has 0 fully saturated rings. The minimum atomic E-state index is -0.747. The molecule has 0 unspecified atom stereocenters. The number of para-hydroxylation sites is 1. The molecule has 1 aromatic heterocycles. The summed E-state index contributed by atoms with van der Waals surface area (Å²) >= 11 is 0. The lowest BCUT2D eigenvalue weighted by Crippen LogP contribution is -2.14. The fourth-order valence-corrected chi connectivity index (χ4v) is 2.38. The maximum Gasteiger partial charge on any atom is 0.274 e. The van der Waals surface area contributed by atoms with Crippen LogP contribution in [0.2, 0.25) is 0 Å². The number of hydrogen-bond acceptors (Lipinski definition) is 4. The largest absolute Gasteiger partial charge is 0.351 e. The van der Waals surface area contributed by atoms with Crippen LogP contribution in [0, 0.1) is 11.6 Å². The van der Waals surface area contributed by atoms with Crippen molar-refractivity contribution in [2.24, 2.45) is 0 Å². The molecule has 136 valence electrons. The quantitative estimate of drug-likeness (QED) is 0.649. The summed E-state index contributed by atoms with van der Waals surface area (Å²) in [5.74, 6) is -2.07. The average Bonchev–Trinajstić information content (AvgIpc) is 2.65. The summed E-state index contributed by atoms with van der Waals surface area (Å²) in [4.78, 5) is 27.6. The van der Waals surface area contributed by atoms with Crippen LogP contribution in [0.15, 0.2) is 60.8 Å². The van der Waals surface area contributed by atoms with E-state index in [1.165, 1.54) is 31.3 Å². The van der Waals surface area contributed by atoms with Gasteiger partial charge in [-0.3, -0.25) is 14.6 Å². The lowest BCUT2D eigenvalue weighted by atomic mass is 10.1. The molecule has 7 heteroatoms. The third kappa shape index (κ3) is 4.33. The van der Waals surface area contributed by atoms with Crippen LogP contribution in [-0.4, -0.2) is 16.7 Å². The maximum absolute atomic E-state index is 13.8. The Morgan fingerprint density at radius 2 is 1.59 bits per heavy atom. The predicted molar refractivity (Wildman–Crippen MR) is 98.3 cm³/mol. The molecule has 0 aliphatic heterocycles. The van der Waals surface area contributed by atoms with E-state index in [1.54, 1.807) is 24.3 Å². The second kappa shape index (κ2) is 7.74. The highest BCUT2D eigenvalue weighted by atomic mass is 19.1. The summed E-state index contributed by atoms with van der Waals surface area (Å²) in [6.07, 6.45) is 1.36. The Morgan fingerprint density at radius 1 is 0.926 bits per heavy atom. The van der Waals surface area contributed by atoms with Gasteiger partial charge in [-0.25, -0.2) is 8.78 Å². The first-order chi connectivity index (χ1) is 12.9. The van der Waals surface area contributed by atoms with E-state index in [9.17, 15) is 18.4 Å². The van der Waals surface area contributed by atoms with E-state index < -0.39 is 17.5 Å². The second-order valence-corrected chi connectivity index (χ2v) is 5.74. The Kier molecular flexibility index (Phi) is 5.21. The van der Waals surface area contributed by atoms with Gasteiger partial charge in [0.1, 0.15) is 23.0 Å². The molecule has 2 aromatic carbocycles. The average molecular weight is 367 g/mol. The zero-order chi connectivity index (χ0) is 19.4. The number of anilines is 3. The third-order valence-corrected chi connectivity index (χ3v) is 3.77. The lowest BCUT2D eigenvalue weighted by molar-refractivity contribution is 0.101. The molecular weight excluding hydrogens is 352 g/mol. The van der Waals surface area contributed by atoms with Crippen molar-refractivity contribution < 1.29 is 18.4 Å². The summed E-state index contributed by atoms with van der Waals surface area (Å²) in [5, 5.41) is 5.26. The van der Waals surface area contributed by atoms with Crippen LogP contribution in [-0.2, 0) is 0 Å². The smallest absolute Gasteiger partial charge is 0.274 e. The van der Waals surface area contributed by atoms with Crippen molar-refractivity contribution in [2.75, 3.05) is 10.6 Å². The van der Waals surface area contributed by atoms with Crippen LogP contribution in [0.1, 0.15) is 27.8 Å². The standard InChI is InChI=1S/C20H15F2N3O2/c1-12(26)13-5-7-14(8-6-13)25-20(27)18-11-15(9-10-23-18)24-19-16(21)3-2-4-17(19)22/h2-11H,1H3,(H,23,24)(H,25,27). The number of hydrogen-bond donors (Lipinski definition) is 2. The van der Waals surface area contributed by atoms with Gasteiger partial charge >= 0.3 is 0 Å². The minimum absolute atomic E-state index is 0.0624. The second-order valence-electron chi connectivity index (χ2n) is 5.74. The Bertz CT molecular complexity index is 984. The van der Waals surface area contributed by atoms with E-state index in [2.05, 4.69) is 15.6 Å². The van der Waals surface area contributed by atoms with Crippen molar-refractivity contribution in [3.05, 3.63) is 83.7 Å². The van der Waals surface area contributed by atoms with Crippen LogP contribution < -0.4 is 10.6 Å². The van der Waals surface area contributed by atoms with Crippen LogP contribution >= 0.6 is 0 Å². The van der Waals surface area contributed by atoms with Gasteiger partial charge in [0.2, 0.25) is 0 Å². The number of nitrogens with one attached hydrogen (secondary N) is 2. The molecular formula is C20H15F2N3O2. The monoisotopic (exact) mass is 367 g/mol. The molecule has 0 atom stereocenters. The molecule has 0 saturated heterocycles. The normalized spacial score (nSPS) is 10.3. The molecule has 0 bridgehead atoms. The van der Waals surface area contributed by atoms with Gasteiger partial charge in [0.25, 0.3) is 5.91 Å². The molecule has 0 saturated carbocycles. The Morgan fingerprint density at radius 3 is 2.22 bits per heavy atom. The van der Waals surface area contributed by atoms with Crippen LogP contribution in [0.5, 0.6) is 0 Å². The molecule has 5 nitrogen and oxygen atoms in total. The van der Waals surface area contributed by atoms with Crippen molar-refractivity contribution in [3.63, 3.8) is 0 Å².